The number of carbonyl (C=O) groups excluding carboxylic acids is 1. The van der Waals surface area contributed by atoms with Crippen molar-refractivity contribution in [1.29, 1.82) is 0 Å². The van der Waals surface area contributed by atoms with Crippen molar-refractivity contribution in [2.75, 3.05) is 0 Å². The van der Waals surface area contributed by atoms with Crippen LogP contribution in [0.1, 0.15) is 46.1 Å². The molecule has 9 heteroatoms. The minimum absolute atomic E-state index is 0.0124. The first-order valence-electron chi connectivity index (χ1n) is 9.73. The van der Waals surface area contributed by atoms with Crippen molar-refractivity contribution in [1.82, 2.24) is 4.72 Å². The Kier molecular flexibility index (Phi) is 5.64. The highest BCUT2D eigenvalue weighted by Crippen LogP contribution is 2.43. The number of ketones is 1. The third kappa shape index (κ3) is 4.17. The number of nitrogens with one attached hydrogen (secondary N) is 1. The molecule has 0 saturated heterocycles. The first-order chi connectivity index (χ1) is 13.8. The first-order valence-corrected chi connectivity index (χ1v) is 11.2. The number of sulfonamides is 1. The lowest BCUT2D eigenvalue weighted by Crippen LogP contribution is -2.49. The third-order valence-corrected chi connectivity index (χ3v) is 6.71. The van der Waals surface area contributed by atoms with Gasteiger partial charge in [0.25, 0.3) is 5.69 Å². The Bertz CT molecular complexity index is 1050. The summed E-state index contributed by atoms with van der Waals surface area (Å²) in [5, 5.41) is 11.0. The van der Waals surface area contributed by atoms with Crippen LogP contribution >= 0.6 is 0 Å². The molecular formula is C21H26N2O6S. The predicted octanol–water partition coefficient (Wildman–Crippen LogP) is 3.45. The van der Waals surface area contributed by atoms with Crippen molar-refractivity contribution in [3.05, 3.63) is 57.0 Å². The average molecular weight is 435 g/mol. The number of fused-ring (bicyclic) bond motifs is 3. The number of nitrogens with zero attached hydrogens (tertiary/aromatic N) is 1. The maximum Gasteiger partial charge on any atom is 0.269 e. The summed E-state index contributed by atoms with van der Waals surface area (Å²) in [4.78, 5) is 23.3. The summed E-state index contributed by atoms with van der Waals surface area (Å²) >= 11 is 0. The SMILES string of the molecule is CC(C)[C@H](NS(=O)(=O)C1=CC2Oc3ccc([N+](=O)[O-])cc3C2C=C1)C(=O)C(C)(C)C. The number of allylic oxidation sites excluding steroid dienone is 1. The maximum absolute atomic E-state index is 13.0. The van der Waals surface area contributed by atoms with E-state index in [0.717, 1.165) is 0 Å². The Morgan fingerprint density at radius 2 is 1.93 bits per heavy atom. The summed E-state index contributed by atoms with van der Waals surface area (Å²) < 4.78 is 34.4. The van der Waals surface area contributed by atoms with Crippen LogP contribution in [0.15, 0.2) is 41.3 Å². The largest absolute Gasteiger partial charge is 0.485 e. The van der Waals surface area contributed by atoms with Crippen molar-refractivity contribution < 1.29 is 22.9 Å². The topological polar surface area (TPSA) is 116 Å². The highest BCUT2D eigenvalue weighted by Gasteiger charge is 2.39. The molecule has 1 N–H and O–H groups in total. The van der Waals surface area contributed by atoms with Crippen molar-refractivity contribution >= 4 is 21.5 Å². The summed E-state index contributed by atoms with van der Waals surface area (Å²) in [6, 6.07) is 3.48. The molecule has 3 rings (SSSR count). The molecule has 0 spiro atoms. The molecule has 1 heterocycles. The number of benzene rings is 1. The van der Waals surface area contributed by atoms with E-state index in [0.29, 0.717) is 11.3 Å². The summed E-state index contributed by atoms with van der Waals surface area (Å²) in [5.74, 6) is -0.224. The summed E-state index contributed by atoms with van der Waals surface area (Å²) in [6.07, 6.45) is 4.02. The molecule has 162 valence electrons. The zero-order chi connectivity index (χ0) is 22.4. The quantitative estimate of drug-likeness (QED) is 0.541. The number of hydrogen-bond acceptors (Lipinski definition) is 6. The van der Waals surface area contributed by atoms with Gasteiger partial charge in [-0.15, -0.1) is 0 Å². The van der Waals surface area contributed by atoms with Crippen LogP contribution in [0, 0.1) is 21.4 Å². The lowest BCUT2D eigenvalue weighted by molar-refractivity contribution is -0.384. The highest BCUT2D eigenvalue weighted by atomic mass is 32.2. The minimum Gasteiger partial charge on any atom is -0.485 e. The molecule has 3 atom stereocenters. The van der Waals surface area contributed by atoms with E-state index in [2.05, 4.69) is 4.72 Å². The van der Waals surface area contributed by atoms with Crippen LogP contribution in [-0.4, -0.2) is 31.3 Å². The van der Waals surface area contributed by atoms with Crippen LogP contribution in [0.4, 0.5) is 5.69 Å². The Morgan fingerprint density at radius 1 is 1.27 bits per heavy atom. The van der Waals surface area contributed by atoms with E-state index in [1.54, 1.807) is 40.7 Å². The molecular weight excluding hydrogens is 408 g/mol. The number of hydrogen-bond donors (Lipinski definition) is 1. The molecule has 0 radical (unpaired) electrons. The summed E-state index contributed by atoms with van der Waals surface area (Å²) in [7, 11) is -3.97. The molecule has 8 nitrogen and oxygen atoms in total. The minimum atomic E-state index is -3.97. The fraction of sp³-hybridized carbons (Fsp3) is 0.476. The molecule has 1 aromatic rings. The van der Waals surface area contributed by atoms with Crippen LogP contribution in [0.5, 0.6) is 5.75 Å². The summed E-state index contributed by atoms with van der Waals surface area (Å²) in [6.45, 7) is 8.85. The van der Waals surface area contributed by atoms with Gasteiger partial charge in [-0.3, -0.25) is 14.9 Å². The zero-order valence-corrected chi connectivity index (χ0v) is 18.4. The Labute approximate surface area is 176 Å². The van der Waals surface area contributed by atoms with E-state index in [1.165, 1.54) is 30.4 Å². The molecule has 0 aromatic heterocycles. The standard InChI is InChI=1S/C21H26N2O6S/c1-12(2)19(20(24)21(3,4)5)22-30(27,28)14-7-8-15-16-10-13(23(25)26)6-9-17(16)29-18(15)11-14/h6-12,15,18-19,22H,1-5H3/t15?,18?,19-/m0/s1. The number of rotatable bonds is 6. The van der Waals surface area contributed by atoms with Crippen LogP contribution in [-0.2, 0) is 14.8 Å². The molecule has 1 aromatic carbocycles. The van der Waals surface area contributed by atoms with E-state index >= 15 is 0 Å². The van der Waals surface area contributed by atoms with Gasteiger partial charge in [-0.25, -0.2) is 13.1 Å². The van der Waals surface area contributed by atoms with Crippen molar-refractivity contribution in [3.8, 4) is 5.75 Å². The number of non-ortho nitro benzene ring substituents is 1. The van der Waals surface area contributed by atoms with Crippen molar-refractivity contribution in [3.63, 3.8) is 0 Å². The molecule has 0 amide bonds. The van der Waals surface area contributed by atoms with Gasteiger partial charge >= 0.3 is 0 Å². The summed E-state index contributed by atoms with van der Waals surface area (Å²) in [5.41, 5.74) is -0.0884. The normalized spacial score (nSPS) is 21.5. The zero-order valence-electron chi connectivity index (χ0n) is 17.6. The van der Waals surface area contributed by atoms with Crippen molar-refractivity contribution in [2.45, 2.75) is 52.7 Å². The average Bonchev–Trinajstić information content (AvgIpc) is 3.01. The Balaban J connectivity index is 1.86. The van der Waals surface area contributed by atoms with E-state index in [-0.39, 0.29) is 28.2 Å². The number of nitro benzene ring substituents is 1. The smallest absolute Gasteiger partial charge is 0.269 e. The van der Waals surface area contributed by atoms with Gasteiger partial charge in [0, 0.05) is 29.0 Å². The lowest BCUT2D eigenvalue weighted by Gasteiger charge is -2.28. The number of nitro groups is 1. The molecule has 2 aliphatic rings. The van der Waals surface area contributed by atoms with Crippen molar-refractivity contribution in [2.24, 2.45) is 11.3 Å². The predicted molar refractivity (Wildman–Crippen MR) is 113 cm³/mol. The van der Waals surface area contributed by atoms with Crippen LogP contribution in [0.25, 0.3) is 0 Å². The molecule has 0 fully saturated rings. The molecule has 0 saturated carbocycles. The second kappa shape index (κ2) is 7.63. The van der Waals surface area contributed by atoms with E-state index in [1.807, 2.05) is 0 Å². The van der Waals surface area contributed by atoms with Gasteiger partial charge in [0.15, 0.2) is 5.78 Å². The third-order valence-electron chi connectivity index (χ3n) is 5.26. The van der Waals surface area contributed by atoms with Crippen LogP contribution in [0.2, 0.25) is 0 Å². The van der Waals surface area contributed by atoms with E-state index in [4.69, 9.17) is 4.74 Å². The monoisotopic (exact) mass is 434 g/mol. The molecule has 1 aliphatic carbocycles. The van der Waals surface area contributed by atoms with E-state index in [9.17, 15) is 23.3 Å². The van der Waals surface area contributed by atoms with Gasteiger partial charge in [0.05, 0.1) is 15.9 Å². The van der Waals surface area contributed by atoms with E-state index < -0.39 is 32.5 Å². The fourth-order valence-electron chi connectivity index (χ4n) is 3.55. The molecule has 2 unspecified atom stereocenters. The van der Waals surface area contributed by atoms with Gasteiger partial charge in [-0.05, 0) is 24.1 Å². The van der Waals surface area contributed by atoms with Gasteiger partial charge < -0.3 is 4.74 Å². The number of ether oxygens (including phenoxy) is 1. The molecule has 1 aliphatic heterocycles. The lowest BCUT2D eigenvalue weighted by atomic mass is 9.83. The maximum atomic E-state index is 13.0. The van der Waals surface area contributed by atoms with Crippen LogP contribution in [0.3, 0.4) is 0 Å². The van der Waals surface area contributed by atoms with Crippen LogP contribution < -0.4 is 9.46 Å². The Morgan fingerprint density at radius 3 is 2.50 bits per heavy atom. The Hall–Kier alpha value is -2.52. The van der Waals surface area contributed by atoms with Gasteiger partial charge in [-0.2, -0.15) is 0 Å². The number of carbonyl (C=O) groups is 1. The molecule has 30 heavy (non-hydrogen) atoms. The molecule has 0 bridgehead atoms. The number of Topliss-reactive ketones (excluding diaryl/α,β-unsaturated/α-hetero) is 1. The van der Waals surface area contributed by atoms with Gasteiger partial charge in [-0.1, -0.05) is 40.7 Å². The second-order valence-corrected chi connectivity index (χ2v) is 10.7. The first kappa shape index (κ1) is 22.2. The second-order valence-electron chi connectivity index (χ2n) is 8.97. The fourth-order valence-corrected chi connectivity index (χ4v) is 4.97. The van der Waals surface area contributed by atoms with Gasteiger partial charge in [0.2, 0.25) is 10.0 Å². The highest BCUT2D eigenvalue weighted by molar-refractivity contribution is 7.93. The van der Waals surface area contributed by atoms with Gasteiger partial charge in [0.1, 0.15) is 11.9 Å².